The topological polar surface area (TPSA) is 15.3 Å². The average molecular weight is 264 g/mol. The van der Waals surface area contributed by atoms with Crippen molar-refractivity contribution in [1.29, 1.82) is 0 Å². The maximum atomic E-state index is 3.58. The van der Waals surface area contributed by atoms with Crippen LogP contribution in [-0.2, 0) is 0 Å². The van der Waals surface area contributed by atoms with Crippen LogP contribution in [0.4, 0.5) is 0 Å². The second-order valence-corrected chi connectivity index (χ2v) is 7.54. The van der Waals surface area contributed by atoms with Crippen molar-refractivity contribution < 1.29 is 0 Å². The third kappa shape index (κ3) is 4.19. The predicted molar refractivity (Wildman–Crippen MR) is 81.3 cm³/mol. The third-order valence-corrected chi connectivity index (χ3v) is 5.49. The van der Waals surface area contributed by atoms with Gasteiger partial charge in [0.1, 0.15) is 0 Å². The second-order valence-electron chi connectivity index (χ2n) is 7.54. The fraction of sp³-hybridized carbons (Fsp3) is 1.00. The summed E-state index contributed by atoms with van der Waals surface area (Å²) in [6.07, 6.45) is 11.7. The molecule has 2 aliphatic carbocycles. The number of nitrogens with one attached hydrogen (secondary N) is 1. The van der Waals surface area contributed by atoms with Gasteiger partial charge >= 0.3 is 0 Å². The van der Waals surface area contributed by atoms with E-state index in [1.54, 1.807) is 0 Å². The summed E-state index contributed by atoms with van der Waals surface area (Å²) >= 11 is 0. The van der Waals surface area contributed by atoms with Gasteiger partial charge in [-0.05, 0) is 69.4 Å². The molecule has 2 heteroatoms. The summed E-state index contributed by atoms with van der Waals surface area (Å²) < 4.78 is 0. The first-order valence-corrected chi connectivity index (χ1v) is 8.76. The van der Waals surface area contributed by atoms with Gasteiger partial charge in [-0.1, -0.05) is 19.8 Å². The molecule has 110 valence electrons. The molecule has 0 bridgehead atoms. The monoisotopic (exact) mass is 264 g/mol. The van der Waals surface area contributed by atoms with E-state index in [1.165, 1.54) is 77.5 Å². The number of hydrogen-bond acceptors (Lipinski definition) is 2. The molecule has 1 heterocycles. The van der Waals surface area contributed by atoms with Gasteiger partial charge in [0.25, 0.3) is 0 Å². The van der Waals surface area contributed by atoms with E-state index in [4.69, 9.17) is 0 Å². The van der Waals surface area contributed by atoms with E-state index in [9.17, 15) is 0 Å². The van der Waals surface area contributed by atoms with Gasteiger partial charge in [-0.3, -0.25) is 4.90 Å². The zero-order chi connectivity index (χ0) is 13.1. The standard InChI is InChI=1S/C17H32N2/c1-14-4-2-5-15(10-14)12-19(17-7-8-17)13-16-6-3-9-18-11-16/h14-18H,2-13H2,1H3. The van der Waals surface area contributed by atoms with E-state index in [-0.39, 0.29) is 0 Å². The Morgan fingerprint density at radius 1 is 0.947 bits per heavy atom. The molecule has 3 unspecified atom stereocenters. The number of rotatable bonds is 5. The molecular formula is C17H32N2. The maximum absolute atomic E-state index is 3.58. The molecule has 0 aromatic rings. The molecule has 3 atom stereocenters. The van der Waals surface area contributed by atoms with Crippen LogP contribution in [0.5, 0.6) is 0 Å². The molecule has 3 rings (SSSR count). The van der Waals surface area contributed by atoms with Crippen LogP contribution >= 0.6 is 0 Å². The lowest BCUT2D eigenvalue weighted by atomic mass is 9.82. The third-order valence-electron chi connectivity index (χ3n) is 5.49. The van der Waals surface area contributed by atoms with Gasteiger partial charge in [0, 0.05) is 19.1 Å². The van der Waals surface area contributed by atoms with Crippen molar-refractivity contribution in [2.24, 2.45) is 17.8 Å². The first kappa shape index (κ1) is 13.9. The summed E-state index contributed by atoms with van der Waals surface area (Å²) in [7, 11) is 0. The fourth-order valence-corrected chi connectivity index (χ4v) is 4.28. The summed E-state index contributed by atoms with van der Waals surface area (Å²) in [6.45, 7) is 7.76. The van der Waals surface area contributed by atoms with Crippen molar-refractivity contribution in [3.63, 3.8) is 0 Å². The zero-order valence-corrected chi connectivity index (χ0v) is 12.7. The van der Waals surface area contributed by atoms with E-state index >= 15 is 0 Å². The SMILES string of the molecule is CC1CCCC(CN(CC2CCCNC2)C2CC2)C1. The highest BCUT2D eigenvalue weighted by Crippen LogP contribution is 2.34. The highest BCUT2D eigenvalue weighted by molar-refractivity contribution is 4.88. The molecule has 3 aliphatic rings. The summed E-state index contributed by atoms with van der Waals surface area (Å²) in [5.41, 5.74) is 0. The van der Waals surface area contributed by atoms with Crippen LogP contribution in [0.15, 0.2) is 0 Å². The van der Waals surface area contributed by atoms with Gasteiger partial charge in [0.15, 0.2) is 0 Å². The van der Waals surface area contributed by atoms with Gasteiger partial charge in [0.2, 0.25) is 0 Å². The Labute approximate surface area is 119 Å². The highest BCUT2D eigenvalue weighted by atomic mass is 15.2. The lowest BCUT2D eigenvalue weighted by Crippen LogP contribution is -2.41. The molecule has 1 N–H and O–H groups in total. The van der Waals surface area contributed by atoms with Gasteiger partial charge in [-0.25, -0.2) is 0 Å². The van der Waals surface area contributed by atoms with Crippen LogP contribution in [0.3, 0.4) is 0 Å². The Hall–Kier alpha value is -0.0800. The van der Waals surface area contributed by atoms with Crippen LogP contribution in [0, 0.1) is 17.8 Å². The Morgan fingerprint density at radius 2 is 1.74 bits per heavy atom. The normalized spacial score (nSPS) is 36.6. The molecule has 19 heavy (non-hydrogen) atoms. The molecule has 0 radical (unpaired) electrons. The molecule has 1 aliphatic heterocycles. The molecule has 0 spiro atoms. The highest BCUT2D eigenvalue weighted by Gasteiger charge is 2.33. The molecular weight excluding hydrogens is 232 g/mol. The Kier molecular flexibility index (Phi) is 4.81. The Morgan fingerprint density at radius 3 is 2.42 bits per heavy atom. The Bertz CT molecular complexity index is 268. The van der Waals surface area contributed by atoms with Crippen molar-refractivity contribution in [3.05, 3.63) is 0 Å². The minimum Gasteiger partial charge on any atom is -0.316 e. The van der Waals surface area contributed by atoms with Crippen LogP contribution < -0.4 is 5.32 Å². The quantitative estimate of drug-likeness (QED) is 0.820. The van der Waals surface area contributed by atoms with E-state index in [2.05, 4.69) is 17.1 Å². The minimum atomic E-state index is 0.926. The first-order valence-electron chi connectivity index (χ1n) is 8.76. The summed E-state index contributed by atoms with van der Waals surface area (Å²) in [5, 5.41) is 3.58. The van der Waals surface area contributed by atoms with Gasteiger partial charge in [-0.15, -0.1) is 0 Å². The van der Waals surface area contributed by atoms with E-state index in [0.717, 1.165) is 23.8 Å². The molecule has 2 saturated carbocycles. The number of nitrogens with zero attached hydrogens (tertiary/aromatic N) is 1. The summed E-state index contributed by atoms with van der Waals surface area (Å²) in [5.74, 6) is 2.91. The van der Waals surface area contributed by atoms with E-state index in [1.807, 2.05) is 0 Å². The number of piperidine rings is 1. The van der Waals surface area contributed by atoms with Crippen LogP contribution in [0.2, 0.25) is 0 Å². The first-order chi connectivity index (χ1) is 9.31. The smallest absolute Gasteiger partial charge is 0.00966 e. The molecule has 2 nitrogen and oxygen atoms in total. The molecule has 0 amide bonds. The van der Waals surface area contributed by atoms with Crippen LogP contribution in [-0.4, -0.2) is 37.1 Å². The average Bonchev–Trinajstić information content (AvgIpc) is 3.23. The van der Waals surface area contributed by atoms with Crippen molar-refractivity contribution in [2.45, 2.75) is 64.3 Å². The summed E-state index contributed by atoms with van der Waals surface area (Å²) in [4.78, 5) is 2.88. The maximum Gasteiger partial charge on any atom is 0.00966 e. The molecule has 3 fully saturated rings. The molecule has 0 aromatic heterocycles. The fourth-order valence-electron chi connectivity index (χ4n) is 4.28. The van der Waals surface area contributed by atoms with Gasteiger partial charge in [0.05, 0.1) is 0 Å². The largest absolute Gasteiger partial charge is 0.316 e. The van der Waals surface area contributed by atoms with Crippen molar-refractivity contribution >= 4 is 0 Å². The second kappa shape index (κ2) is 6.58. The van der Waals surface area contributed by atoms with Gasteiger partial charge < -0.3 is 5.32 Å². The lowest BCUT2D eigenvalue weighted by Gasteiger charge is -2.35. The van der Waals surface area contributed by atoms with Crippen LogP contribution in [0.1, 0.15) is 58.3 Å². The zero-order valence-electron chi connectivity index (χ0n) is 12.7. The van der Waals surface area contributed by atoms with Crippen molar-refractivity contribution in [1.82, 2.24) is 10.2 Å². The molecule has 1 saturated heterocycles. The van der Waals surface area contributed by atoms with Crippen molar-refractivity contribution in [3.8, 4) is 0 Å². The summed E-state index contributed by atoms with van der Waals surface area (Å²) in [6, 6.07) is 0.958. The molecule has 0 aromatic carbocycles. The van der Waals surface area contributed by atoms with E-state index < -0.39 is 0 Å². The lowest BCUT2D eigenvalue weighted by molar-refractivity contribution is 0.144. The Balaban J connectivity index is 1.49. The van der Waals surface area contributed by atoms with Gasteiger partial charge in [-0.2, -0.15) is 0 Å². The number of hydrogen-bond donors (Lipinski definition) is 1. The van der Waals surface area contributed by atoms with Crippen molar-refractivity contribution in [2.75, 3.05) is 26.2 Å². The minimum absolute atomic E-state index is 0.926. The van der Waals surface area contributed by atoms with E-state index in [0.29, 0.717) is 0 Å². The predicted octanol–water partition coefficient (Wildman–Crippen LogP) is 3.28. The van der Waals surface area contributed by atoms with Crippen LogP contribution in [0.25, 0.3) is 0 Å².